The molecule has 1 atom stereocenters. The standard InChI is InChI=1S/C7H7BrClNOS/c1-10-7(11)6(9)5-2-4(8)3-12-5/h2-3,6H,1H3,(H,10,11). The molecule has 1 unspecified atom stereocenters. The van der Waals surface area contributed by atoms with Gasteiger partial charge in [-0.2, -0.15) is 0 Å². The highest BCUT2D eigenvalue weighted by atomic mass is 79.9. The van der Waals surface area contributed by atoms with Gasteiger partial charge in [-0.25, -0.2) is 0 Å². The van der Waals surface area contributed by atoms with Crippen LogP contribution in [-0.4, -0.2) is 13.0 Å². The first-order chi connectivity index (χ1) is 5.65. The van der Waals surface area contributed by atoms with Crippen LogP contribution in [0.15, 0.2) is 15.9 Å². The van der Waals surface area contributed by atoms with Crippen LogP contribution in [0, 0.1) is 0 Å². The normalized spacial score (nSPS) is 12.6. The molecule has 0 saturated carbocycles. The van der Waals surface area contributed by atoms with E-state index in [1.165, 1.54) is 11.3 Å². The quantitative estimate of drug-likeness (QED) is 0.821. The van der Waals surface area contributed by atoms with Gasteiger partial charge in [-0.05, 0) is 22.0 Å². The molecule has 1 rings (SSSR count). The molecule has 0 fully saturated rings. The lowest BCUT2D eigenvalue weighted by Crippen LogP contribution is -2.21. The zero-order valence-electron chi connectivity index (χ0n) is 6.30. The van der Waals surface area contributed by atoms with Gasteiger partial charge in [0.15, 0.2) is 0 Å². The van der Waals surface area contributed by atoms with Crippen LogP contribution >= 0.6 is 38.9 Å². The van der Waals surface area contributed by atoms with Gasteiger partial charge in [-0.1, -0.05) is 0 Å². The van der Waals surface area contributed by atoms with Crippen molar-refractivity contribution in [2.24, 2.45) is 0 Å². The molecule has 0 aliphatic heterocycles. The van der Waals surface area contributed by atoms with E-state index in [9.17, 15) is 4.79 Å². The Morgan fingerprint density at radius 3 is 2.92 bits per heavy atom. The molecule has 0 aliphatic rings. The van der Waals surface area contributed by atoms with E-state index in [0.717, 1.165) is 9.35 Å². The molecule has 66 valence electrons. The minimum Gasteiger partial charge on any atom is -0.358 e. The van der Waals surface area contributed by atoms with Gasteiger partial charge in [0.1, 0.15) is 5.38 Å². The molecule has 12 heavy (non-hydrogen) atoms. The number of thiophene rings is 1. The topological polar surface area (TPSA) is 29.1 Å². The van der Waals surface area contributed by atoms with Crippen LogP contribution in [0.25, 0.3) is 0 Å². The van der Waals surface area contributed by atoms with Crippen molar-refractivity contribution in [3.8, 4) is 0 Å². The Morgan fingerprint density at radius 1 is 1.83 bits per heavy atom. The molecule has 0 radical (unpaired) electrons. The van der Waals surface area contributed by atoms with Gasteiger partial charge in [0.05, 0.1) is 0 Å². The predicted octanol–water partition coefficient (Wildman–Crippen LogP) is 2.54. The molecule has 5 heteroatoms. The summed E-state index contributed by atoms with van der Waals surface area (Å²) in [6, 6.07) is 1.84. The number of carbonyl (C=O) groups is 1. The Bertz CT molecular complexity index is 289. The minimum absolute atomic E-state index is 0.175. The van der Waals surface area contributed by atoms with Crippen molar-refractivity contribution in [1.29, 1.82) is 0 Å². The number of hydrogen-bond acceptors (Lipinski definition) is 2. The molecule has 2 nitrogen and oxygen atoms in total. The number of halogens is 2. The third-order valence-electron chi connectivity index (χ3n) is 1.31. The van der Waals surface area contributed by atoms with Gasteiger partial charge >= 0.3 is 0 Å². The number of carbonyl (C=O) groups excluding carboxylic acids is 1. The molecule has 1 amide bonds. The molecular weight excluding hydrogens is 262 g/mol. The lowest BCUT2D eigenvalue weighted by atomic mass is 10.3. The summed E-state index contributed by atoms with van der Waals surface area (Å²) < 4.78 is 0.956. The summed E-state index contributed by atoms with van der Waals surface area (Å²) in [5.41, 5.74) is 0. The molecule has 0 bridgehead atoms. The number of likely N-dealkylation sites (N-methyl/N-ethyl adjacent to an activating group) is 1. The second-order valence-electron chi connectivity index (χ2n) is 2.14. The predicted molar refractivity (Wildman–Crippen MR) is 54.7 cm³/mol. The summed E-state index contributed by atoms with van der Waals surface area (Å²) in [5.74, 6) is -0.175. The summed E-state index contributed by atoms with van der Waals surface area (Å²) in [6.07, 6.45) is 0. The van der Waals surface area contributed by atoms with Crippen molar-refractivity contribution in [3.05, 3.63) is 20.8 Å². The molecule has 1 aromatic rings. The highest BCUT2D eigenvalue weighted by Gasteiger charge is 2.17. The monoisotopic (exact) mass is 267 g/mol. The van der Waals surface area contributed by atoms with E-state index >= 15 is 0 Å². The van der Waals surface area contributed by atoms with Crippen molar-refractivity contribution in [1.82, 2.24) is 5.32 Å². The van der Waals surface area contributed by atoms with E-state index in [0.29, 0.717) is 0 Å². The zero-order valence-corrected chi connectivity index (χ0v) is 9.46. The SMILES string of the molecule is CNC(=O)C(Cl)c1cc(Br)cs1. The fourth-order valence-electron chi connectivity index (χ4n) is 0.717. The van der Waals surface area contributed by atoms with Crippen LogP contribution in [-0.2, 0) is 4.79 Å². The number of amides is 1. The van der Waals surface area contributed by atoms with Crippen LogP contribution in [0.5, 0.6) is 0 Å². The fourth-order valence-corrected chi connectivity index (χ4v) is 2.46. The first-order valence-electron chi connectivity index (χ1n) is 3.24. The first-order valence-corrected chi connectivity index (χ1v) is 5.35. The average Bonchev–Trinajstić information content (AvgIpc) is 2.49. The molecule has 0 aliphatic carbocycles. The van der Waals surface area contributed by atoms with Crippen LogP contribution in [0.2, 0.25) is 0 Å². The second kappa shape index (κ2) is 4.25. The number of hydrogen-bond donors (Lipinski definition) is 1. The Labute approximate surface area is 88.0 Å². The zero-order chi connectivity index (χ0) is 9.14. The van der Waals surface area contributed by atoms with E-state index in [4.69, 9.17) is 11.6 Å². The maximum atomic E-state index is 11.1. The Kier molecular flexibility index (Phi) is 3.55. The number of rotatable bonds is 2. The van der Waals surface area contributed by atoms with Crippen molar-refractivity contribution in [2.75, 3.05) is 7.05 Å². The maximum Gasteiger partial charge on any atom is 0.243 e. The average molecular weight is 269 g/mol. The highest BCUT2D eigenvalue weighted by molar-refractivity contribution is 9.10. The lowest BCUT2D eigenvalue weighted by Gasteiger charge is -2.03. The van der Waals surface area contributed by atoms with Gasteiger partial charge in [0, 0.05) is 21.8 Å². The molecule has 0 saturated heterocycles. The van der Waals surface area contributed by atoms with Crippen LogP contribution in [0.4, 0.5) is 0 Å². The Balaban J connectivity index is 2.77. The largest absolute Gasteiger partial charge is 0.358 e. The third kappa shape index (κ3) is 2.21. The molecule has 0 aromatic carbocycles. The smallest absolute Gasteiger partial charge is 0.243 e. The number of alkyl halides is 1. The molecular formula is C7H7BrClNOS. The fraction of sp³-hybridized carbons (Fsp3) is 0.286. The van der Waals surface area contributed by atoms with Crippen LogP contribution < -0.4 is 5.32 Å². The van der Waals surface area contributed by atoms with Crippen molar-refractivity contribution in [3.63, 3.8) is 0 Å². The van der Waals surface area contributed by atoms with E-state index < -0.39 is 5.38 Å². The van der Waals surface area contributed by atoms with Crippen LogP contribution in [0.1, 0.15) is 10.3 Å². The minimum atomic E-state index is -0.578. The summed E-state index contributed by atoms with van der Waals surface area (Å²) >= 11 is 10.6. The van der Waals surface area contributed by atoms with E-state index in [-0.39, 0.29) is 5.91 Å². The summed E-state index contributed by atoms with van der Waals surface area (Å²) in [6.45, 7) is 0. The summed E-state index contributed by atoms with van der Waals surface area (Å²) in [4.78, 5) is 11.9. The van der Waals surface area contributed by atoms with Gasteiger partial charge < -0.3 is 5.32 Å². The summed E-state index contributed by atoms with van der Waals surface area (Å²) in [7, 11) is 1.57. The van der Waals surface area contributed by atoms with E-state index in [1.807, 2.05) is 11.4 Å². The lowest BCUT2D eigenvalue weighted by molar-refractivity contribution is -0.120. The van der Waals surface area contributed by atoms with Crippen molar-refractivity contribution < 1.29 is 4.79 Å². The third-order valence-corrected chi connectivity index (χ3v) is 3.64. The first kappa shape index (κ1) is 10.0. The maximum absolute atomic E-state index is 11.1. The Morgan fingerprint density at radius 2 is 2.50 bits per heavy atom. The van der Waals surface area contributed by atoms with Crippen molar-refractivity contribution >= 4 is 44.8 Å². The van der Waals surface area contributed by atoms with Gasteiger partial charge in [0.25, 0.3) is 0 Å². The highest BCUT2D eigenvalue weighted by Crippen LogP contribution is 2.29. The van der Waals surface area contributed by atoms with E-state index in [2.05, 4.69) is 21.2 Å². The van der Waals surface area contributed by atoms with Gasteiger partial charge in [-0.3, -0.25) is 4.79 Å². The molecule has 0 spiro atoms. The summed E-state index contributed by atoms with van der Waals surface area (Å²) in [5, 5.41) is 3.81. The van der Waals surface area contributed by atoms with Crippen molar-refractivity contribution in [2.45, 2.75) is 5.38 Å². The van der Waals surface area contributed by atoms with E-state index in [1.54, 1.807) is 7.05 Å². The molecule has 1 N–H and O–H groups in total. The Hall–Kier alpha value is -0.0600. The van der Waals surface area contributed by atoms with Crippen LogP contribution in [0.3, 0.4) is 0 Å². The molecule has 1 heterocycles. The number of nitrogens with one attached hydrogen (secondary N) is 1. The van der Waals surface area contributed by atoms with Gasteiger partial charge in [0.2, 0.25) is 5.91 Å². The van der Waals surface area contributed by atoms with Gasteiger partial charge in [-0.15, -0.1) is 22.9 Å². The molecule has 1 aromatic heterocycles. The second-order valence-corrected chi connectivity index (χ2v) is 4.44.